The first-order valence-electron chi connectivity index (χ1n) is 22.1. The number of hydrogen-bond acceptors (Lipinski definition) is 15. The second kappa shape index (κ2) is 42.3. The van der Waals surface area contributed by atoms with Crippen molar-refractivity contribution in [3.63, 3.8) is 0 Å². The maximum absolute atomic E-state index is 10.7. The van der Waals surface area contributed by atoms with Gasteiger partial charge in [-0.3, -0.25) is 10.1 Å². The largest absolute Gasteiger partial charge is 0.491 e. The van der Waals surface area contributed by atoms with E-state index in [1.54, 1.807) is 12.1 Å². The SMILES string of the molecule is CCCCCCCCCc1ccc(OCCOCCOCCOCCOCCOCCOCCOCCOCCOCCOCCOCCOc2ccc([N+](=O)[O-])cc2)cc1. The standard InChI is InChI=1S/C45H75NO15/c1-2-3-4-5-6-7-8-9-42-10-14-44(15-11-42)60-40-38-58-36-34-56-32-30-54-28-26-52-24-22-50-20-18-49-19-21-51-23-25-53-27-29-55-31-33-57-35-37-59-39-41-61-45-16-12-43(13-17-45)46(47)48/h10-17H,2-9,18-41H2,1H3. The van der Waals surface area contributed by atoms with E-state index in [9.17, 15) is 10.1 Å². The Morgan fingerprint density at radius 1 is 0.361 bits per heavy atom. The van der Waals surface area contributed by atoms with Crippen LogP contribution in [-0.4, -0.2) is 163 Å². The van der Waals surface area contributed by atoms with Gasteiger partial charge in [0, 0.05) is 12.1 Å². The Balaban J connectivity index is 1.16. The molecule has 2 aromatic carbocycles. The van der Waals surface area contributed by atoms with Crippen molar-refractivity contribution < 1.29 is 66.5 Å². The van der Waals surface area contributed by atoms with Gasteiger partial charge in [0.05, 0.1) is 150 Å². The molecule has 2 aromatic rings. The fourth-order valence-electron chi connectivity index (χ4n) is 5.44. The van der Waals surface area contributed by atoms with Crippen LogP contribution in [0.25, 0.3) is 0 Å². The molecule has 0 unspecified atom stereocenters. The number of nitro groups is 1. The third kappa shape index (κ3) is 35.2. The maximum atomic E-state index is 10.7. The second-order valence-electron chi connectivity index (χ2n) is 13.7. The Morgan fingerprint density at radius 2 is 0.623 bits per heavy atom. The summed E-state index contributed by atoms with van der Waals surface area (Å²) in [7, 11) is 0. The van der Waals surface area contributed by atoms with Crippen LogP contribution in [0.1, 0.15) is 57.4 Å². The van der Waals surface area contributed by atoms with E-state index in [0.29, 0.717) is 164 Å². The summed E-state index contributed by atoms with van der Waals surface area (Å²) >= 11 is 0. The topological polar surface area (TPSA) is 163 Å². The van der Waals surface area contributed by atoms with Gasteiger partial charge < -0.3 is 61.6 Å². The van der Waals surface area contributed by atoms with Crippen LogP contribution in [0.15, 0.2) is 48.5 Å². The van der Waals surface area contributed by atoms with Crippen LogP contribution < -0.4 is 9.47 Å². The Labute approximate surface area is 364 Å². The molecular weight excluding hydrogens is 794 g/mol. The molecule has 0 heterocycles. The van der Waals surface area contributed by atoms with Gasteiger partial charge in [-0.25, -0.2) is 0 Å². The molecule has 0 atom stereocenters. The number of nitrogens with zero attached hydrogens (tertiary/aromatic N) is 1. The molecule has 0 radical (unpaired) electrons. The van der Waals surface area contributed by atoms with E-state index >= 15 is 0 Å². The van der Waals surface area contributed by atoms with Crippen molar-refractivity contribution in [2.75, 3.05) is 159 Å². The van der Waals surface area contributed by atoms with E-state index in [1.807, 2.05) is 0 Å². The zero-order chi connectivity index (χ0) is 43.4. The summed E-state index contributed by atoms with van der Waals surface area (Å²) in [6.07, 6.45) is 10.5. The molecule has 0 aliphatic rings. The highest BCUT2D eigenvalue weighted by atomic mass is 16.6. The Bertz CT molecular complexity index is 1230. The number of rotatable bonds is 47. The minimum Gasteiger partial charge on any atom is -0.491 e. The molecule has 0 N–H and O–H groups in total. The molecule has 0 bridgehead atoms. The molecule has 0 aliphatic heterocycles. The van der Waals surface area contributed by atoms with E-state index in [0.717, 1.165) is 12.2 Å². The molecule has 0 amide bonds. The fraction of sp³-hybridized carbons (Fsp3) is 0.733. The smallest absolute Gasteiger partial charge is 0.269 e. The molecule has 16 nitrogen and oxygen atoms in total. The summed E-state index contributed by atoms with van der Waals surface area (Å²) < 4.78 is 71.9. The van der Waals surface area contributed by atoms with Gasteiger partial charge in [0.1, 0.15) is 24.7 Å². The lowest BCUT2D eigenvalue weighted by molar-refractivity contribution is -0.384. The van der Waals surface area contributed by atoms with Crippen molar-refractivity contribution in [3.05, 3.63) is 64.2 Å². The maximum Gasteiger partial charge on any atom is 0.269 e. The molecule has 61 heavy (non-hydrogen) atoms. The first-order chi connectivity index (χ1) is 30.2. The molecule has 2 rings (SSSR count). The molecule has 0 aliphatic carbocycles. The van der Waals surface area contributed by atoms with E-state index in [-0.39, 0.29) is 5.69 Å². The molecule has 0 saturated heterocycles. The predicted octanol–water partition coefficient (Wildman–Crippen LogP) is 6.53. The van der Waals surface area contributed by atoms with Crippen LogP contribution in [0.4, 0.5) is 5.69 Å². The Hall–Kier alpha value is -3.00. The van der Waals surface area contributed by atoms with Gasteiger partial charge in [0.25, 0.3) is 5.69 Å². The summed E-state index contributed by atoms with van der Waals surface area (Å²) in [6.45, 7) is 13.8. The van der Waals surface area contributed by atoms with Crippen LogP contribution in [-0.2, 0) is 58.5 Å². The summed E-state index contributed by atoms with van der Waals surface area (Å²) in [6, 6.07) is 14.4. The summed E-state index contributed by atoms with van der Waals surface area (Å²) in [4.78, 5) is 10.2. The minimum atomic E-state index is -0.451. The van der Waals surface area contributed by atoms with Gasteiger partial charge in [0.15, 0.2) is 0 Å². The normalized spacial score (nSPS) is 11.4. The van der Waals surface area contributed by atoms with E-state index < -0.39 is 4.92 Å². The lowest BCUT2D eigenvalue weighted by Crippen LogP contribution is -2.15. The average Bonchev–Trinajstić information content (AvgIpc) is 3.27. The van der Waals surface area contributed by atoms with Crippen LogP contribution in [0.3, 0.4) is 0 Å². The number of ether oxygens (including phenoxy) is 13. The number of unbranched alkanes of at least 4 members (excludes halogenated alkanes) is 6. The minimum absolute atomic E-state index is 0.0248. The number of benzene rings is 2. The number of aryl methyl sites for hydroxylation is 1. The van der Waals surface area contributed by atoms with Crippen molar-refractivity contribution in [1.29, 1.82) is 0 Å². The van der Waals surface area contributed by atoms with Crippen LogP contribution in [0, 0.1) is 10.1 Å². The zero-order valence-electron chi connectivity index (χ0n) is 36.8. The van der Waals surface area contributed by atoms with Crippen molar-refractivity contribution in [2.24, 2.45) is 0 Å². The van der Waals surface area contributed by atoms with Crippen molar-refractivity contribution in [2.45, 2.75) is 58.3 Å². The highest BCUT2D eigenvalue weighted by Crippen LogP contribution is 2.17. The summed E-state index contributed by atoms with van der Waals surface area (Å²) in [5.41, 5.74) is 1.40. The molecular formula is C45H75NO15. The van der Waals surface area contributed by atoms with Crippen molar-refractivity contribution >= 4 is 5.69 Å². The van der Waals surface area contributed by atoms with Crippen LogP contribution in [0.2, 0.25) is 0 Å². The van der Waals surface area contributed by atoms with Gasteiger partial charge >= 0.3 is 0 Å². The van der Waals surface area contributed by atoms with Crippen LogP contribution in [0.5, 0.6) is 11.5 Å². The quantitative estimate of drug-likeness (QED) is 0.0401. The van der Waals surface area contributed by atoms with Crippen LogP contribution >= 0.6 is 0 Å². The molecule has 0 fully saturated rings. The molecule has 16 heteroatoms. The monoisotopic (exact) mass is 870 g/mol. The van der Waals surface area contributed by atoms with Crippen molar-refractivity contribution in [1.82, 2.24) is 0 Å². The van der Waals surface area contributed by atoms with Crippen molar-refractivity contribution in [3.8, 4) is 11.5 Å². The fourth-order valence-corrected chi connectivity index (χ4v) is 5.44. The number of nitro benzene ring substituents is 1. The molecule has 0 spiro atoms. The first kappa shape index (κ1) is 54.1. The molecule has 0 saturated carbocycles. The van der Waals surface area contributed by atoms with E-state index in [2.05, 4.69) is 31.2 Å². The van der Waals surface area contributed by atoms with Gasteiger partial charge in [0.2, 0.25) is 0 Å². The number of hydrogen-bond donors (Lipinski definition) is 0. The second-order valence-corrected chi connectivity index (χ2v) is 13.7. The highest BCUT2D eigenvalue weighted by molar-refractivity contribution is 5.36. The zero-order valence-corrected chi connectivity index (χ0v) is 36.8. The average molecular weight is 870 g/mol. The van der Waals surface area contributed by atoms with E-state index in [1.165, 1.54) is 62.6 Å². The van der Waals surface area contributed by atoms with Gasteiger partial charge in [-0.15, -0.1) is 0 Å². The molecule has 0 aromatic heterocycles. The first-order valence-corrected chi connectivity index (χ1v) is 22.1. The van der Waals surface area contributed by atoms with Gasteiger partial charge in [-0.1, -0.05) is 57.6 Å². The number of non-ortho nitro benzene ring substituents is 1. The summed E-state index contributed by atoms with van der Waals surface area (Å²) in [5, 5.41) is 10.7. The Kier molecular flexibility index (Phi) is 37.5. The summed E-state index contributed by atoms with van der Waals surface area (Å²) in [5.74, 6) is 1.44. The van der Waals surface area contributed by atoms with E-state index in [4.69, 9.17) is 61.6 Å². The highest BCUT2D eigenvalue weighted by Gasteiger charge is 2.04. The predicted molar refractivity (Wildman–Crippen MR) is 231 cm³/mol. The lowest BCUT2D eigenvalue weighted by atomic mass is 10.0. The third-order valence-electron chi connectivity index (χ3n) is 8.75. The van der Waals surface area contributed by atoms with Gasteiger partial charge in [-0.2, -0.15) is 0 Å². The van der Waals surface area contributed by atoms with Gasteiger partial charge in [-0.05, 0) is 42.7 Å². The Morgan fingerprint density at radius 3 is 0.918 bits per heavy atom. The third-order valence-corrected chi connectivity index (χ3v) is 8.75. The lowest BCUT2D eigenvalue weighted by Gasteiger charge is -2.09. The molecule has 350 valence electrons.